The summed E-state index contributed by atoms with van der Waals surface area (Å²) in [5, 5.41) is 9.80. The number of imidazole rings is 1. The van der Waals surface area contributed by atoms with E-state index in [-0.39, 0.29) is 0 Å². The molecule has 0 aliphatic carbocycles. The van der Waals surface area contributed by atoms with Gasteiger partial charge in [0, 0.05) is 11.6 Å². The van der Waals surface area contributed by atoms with Gasteiger partial charge >= 0.3 is 0 Å². The van der Waals surface area contributed by atoms with Gasteiger partial charge in [-0.1, -0.05) is 11.3 Å². The summed E-state index contributed by atoms with van der Waals surface area (Å²) in [4.78, 5) is 10.5. The van der Waals surface area contributed by atoms with Crippen LogP contribution in [-0.4, -0.2) is 45.3 Å². The molecule has 2 aromatic heterocycles. The molecular formula is C14H21N5OS. The predicted molar refractivity (Wildman–Crippen MR) is 81.8 cm³/mol. The Labute approximate surface area is 128 Å². The molecule has 1 aliphatic heterocycles. The molecule has 6 nitrogen and oxygen atoms in total. The van der Waals surface area contributed by atoms with Crippen molar-refractivity contribution in [2.45, 2.75) is 39.2 Å². The molecule has 0 bridgehead atoms. The quantitative estimate of drug-likeness (QED) is 0.938. The van der Waals surface area contributed by atoms with E-state index in [0.717, 1.165) is 49.0 Å². The lowest BCUT2D eigenvalue weighted by Gasteiger charge is -2.30. The third-order valence-corrected chi connectivity index (χ3v) is 4.97. The zero-order valence-electron chi connectivity index (χ0n) is 12.7. The molecule has 21 heavy (non-hydrogen) atoms. The second-order valence-corrected chi connectivity index (χ2v) is 6.57. The molecule has 3 rings (SSSR count). The first kappa shape index (κ1) is 14.5. The number of aromatic nitrogens is 4. The van der Waals surface area contributed by atoms with Gasteiger partial charge in [-0.15, -0.1) is 10.2 Å². The Balaban J connectivity index is 1.55. The summed E-state index contributed by atoms with van der Waals surface area (Å²) < 4.78 is 5.09. The highest BCUT2D eigenvalue weighted by Crippen LogP contribution is 2.28. The van der Waals surface area contributed by atoms with Crippen LogP contribution in [0.5, 0.6) is 5.19 Å². The Hall–Kier alpha value is -1.47. The van der Waals surface area contributed by atoms with Gasteiger partial charge in [0.15, 0.2) is 0 Å². The zero-order chi connectivity index (χ0) is 14.8. The Kier molecular flexibility index (Phi) is 4.21. The van der Waals surface area contributed by atoms with Crippen LogP contribution < -0.4 is 4.74 Å². The van der Waals surface area contributed by atoms with E-state index in [1.54, 1.807) is 7.11 Å². The molecule has 0 unspecified atom stereocenters. The third-order valence-electron chi connectivity index (χ3n) is 4.10. The Morgan fingerprint density at radius 2 is 2.05 bits per heavy atom. The minimum absolute atomic E-state index is 0.553. The molecule has 0 amide bonds. The van der Waals surface area contributed by atoms with Gasteiger partial charge in [-0.05, 0) is 39.8 Å². The lowest BCUT2D eigenvalue weighted by molar-refractivity contribution is 0.201. The molecule has 1 saturated heterocycles. The molecular weight excluding hydrogens is 286 g/mol. The summed E-state index contributed by atoms with van der Waals surface area (Å²) in [5.41, 5.74) is 2.31. The van der Waals surface area contributed by atoms with Crippen LogP contribution in [0.4, 0.5) is 0 Å². The van der Waals surface area contributed by atoms with Crippen molar-refractivity contribution in [3.05, 3.63) is 22.2 Å². The van der Waals surface area contributed by atoms with Gasteiger partial charge in [0.05, 0.1) is 19.3 Å². The maximum Gasteiger partial charge on any atom is 0.293 e. The van der Waals surface area contributed by atoms with E-state index in [9.17, 15) is 0 Å². The molecule has 7 heteroatoms. The number of H-pyrrole nitrogens is 1. The number of piperidine rings is 1. The van der Waals surface area contributed by atoms with Gasteiger partial charge in [-0.25, -0.2) is 4.98 Å². The molecule has 1 N–H and O–H groups in total. The van der Waals surface area contributed by atoms with Crippen LogP contribution in [0.2, 0.25) is 0 Å². The highest BCUT2D eigenvalue weighted by molar-refractivity contribution is 7.13. The van der Waals surface area contributed by atoms with Crippen molar-refractivity contribution < 1.29 is 4.74 Å². The molecule has 0 radical (unpaired) electrons. The Bertz CT molecular complexity index is 581. The average Bonchev–Trinajstić information content (AvgIpc) is 3.07. The highest BCUT2D eigenvalue weighted by Gasteiger charge is 2.24. The monoisotopic (exact) mass is 307 g/mol. The summed E-state index contributed by atoms with van der Waals surface area (Å²) in [7, 11) is 1.63. The second kappa shape index (κ2) is 6.11. The fraction of sp³-hybridized carbons (Fsp3) is 0.643. The van der Waals surface area contributed by atoms with E-state index in [2.05, 4.69) is 38.9 Å². The van der Waals surface area contributed by atoms with Gasteiger partial charge < -0.3 is 9.72 Å². The number of hydrogen-bond acceptors (Lipinski definition) is 6. The van der Waals surface area contributed by atoms with Crippen molar-refractivity contribution in [1.82, 2.24) is 25.1 Å². The molecule has 0 aromatic carbocycles. The first-order valence-electron chi connectivity index (χ1n) is 7.27. The van der Waals surface area contributed by atoms with Crippen LogP contribution in [0.3, 0.4) is 0 Å². The number of likely N-dealkylation sites (tertiary alicyclic amines) is 1. The standard InChI is InChI=1S/C14H21N5OS/c1-9-10(2)16-13(15-9)11-4-6-19(7-5-11)8-12-17-18-14(20-3)21-12/h11H,4-8H2,1-3H3,(H,15,16). The normalized spacial score (nSPS) is 17.3. The molecule has 0 atom stereocenters. The maximum absolute atomic E-state index is 5.09. The van der Waals surface area contributed by atoms with Crippen molar-refractivity contribution in [2.24, 2.45) is 0 Å². The van der Waals surface area contributed by atoms with Gasteiger partial charge in [-0.2, -0.15) is 0 Å². The smallest absolute Gasteiger partial charge is 0.293 e. The van der Waals surface area contributed by atoms with Crippen LogP contribution in [-0.2, 0) is 6.54 Å². The first-order valence-corrected chi connectivity index (χ1v) is 8.09. The van der Waals surface area contributed by atoms with E-state index in [4.69, 9.17) is 4.74 Å². The number of aromatic amines is 1. The van der Waals surface area contributed by atoms with Gasteiger partial charge in [0.2, 0.25) is 0 Å². The van der Waals surface area contributed by atoms with E-state index >= 15 is 0 Å². The zero-order valence-corrected chi connectivity index (χ0v) is 13.5. The SMILES string of the molecule is COc1nnc(CN2CCC(c3nc(C)c(C)[nH]3)CC2)s1. The lowest BCUT2D eigenvalue weighted by atomic mass is 9.96. The largest absolute Gasteiger partial charge is 0.472 e. The molecule has 1 aliphatic rings. The summed E-state index contributed by atoms with van der Waals surface area (Å²) >= 11 is 1.52. The highest BCUT2D eigenvalue weighted by atomic mass is 32.1. The van der Waals surface area contributed by atoms with Crippen LogP contribution in [0.25, 0.3) is 0 Å². The Morgan fingerprint density at radius 3 is 2.62 bits per heavy atom. The number of nitrogens with one attached hydrogen (secondary N) is 1. The maximum atomic E-state index is 5.09. The summed E-state index contributed by atoms with van der Waals surface area (Å²) in [6.07, 6.45) is 2.28. The minimum atomic E-state index is 0.553. The van der Waals surface area contributed by atoms with Gasteiger partial charge in [0.1, 0.15) is 10.8 Å². The van der Waals surface area contributed by atoms with Gasteiger partial charge in [0.25, 0.3) is 5.19 Å². The second-order valence-electron chi connectivity index (χ2n) is 5.55. The van der Waals surface area contributed by atoms with E-state index in [1.807, 2.05) is 0 Å². The molecule has 0 saturated carbocycles. The lowest BCUT2D eigenvalue weighted by Crippen LogP contribution is -2.32. The fourth-order valence-electron chi connectivity index (χ4n) is 2.71. The van der Waals surface area contributed by atoms with E-state index in [1.165, 1.54) is 17.0 Å². The Morgan fingerprint density at radius 1 is 1.29 bits per heavy atom. The van der Waals surface area contributed by atoms with E-state index < -0.39 is 0 Å². The van der Waals surface area contributed by atoms with E-state index in [0.29, 0.717) is 11.1 Å². The molecule has 0 spiro atoms. The molecule has 3 heterocycles. The third kappa shape index (κ3) is 3.24. The van der Waals surface area contributed by atoms with Crippen molar-refractivity contribution in [2.75, 3.05) is 20.2 Å². The van der Waals surface area contributed by atoms with Crippen molar-refractivity contribution >= 4 is 11.3 Å². The number of hydrogen-bond donors (Lipinski definition) is 1. The van der Waals surface area contributed by atoms with Crippen molar-refractivity contribution in [3.63, 3.8) is 0 Å². The number of nitrogens with zero attached hydrogens (tertiary/aromatic N) is 4. The summed E-state index contributed by atoms with van der Waals surface area (Å²) in [6, 6.07) is 0. The van der Waals surface area contributed by atoms with Gasteiger partial charge in [-0.3, -0.25) is 4.90 Å². The van der Waals surface area contributed by atoms with Crippen molar-refractivity contribution in [1.29, 1.82) is 0 Å². The van der Waals surface area contributed by atoms with Crippen LogP contribution in [0.15, 0.2) is 0 Å². The topological polar surface area (TPSA) is 66.9 Å². The molecule has 1 fully saturated rings. The van der Waals surface area contributed by atoms with Crippen molar-refractivity contribution in [3.8, 4) is 5.19 Å². The minimum Gasteiger partial charge on any atom is -0.472 e. The number of methoxy groups -OCH3 is 1. The average molecular weight is 307 g/mol. The summed E-state index contributed by atoms with van der Waals surface area (Å²) in [5.74, 6) is 1.71. The number of rotatable bonds is 4. The first-order chi connectivity index (χ1) is 10.2. The predicted octanol–water partition coefficient (Wildman–Crippen LogP) is 2.27. The fourth-order valence-corrected chi connectivity index (χ4v) is 3.40. The molecule has 114 valence electrons. The van der Waals surface area contributed by atoms with Crippen LogP contribution in [0, 0.1) is 13.8 Å². The number of ether oxygens (including phenoxy) is 1. The number of aryl methyl sites for hydroxylation is 2. The van der Waals surface area contributed by atoms with Crippen LogP contribution in [0.1, 0.15) is 41.0 Å². The van der Waals surface area contributed by atoms with Crippen LogP contribution >= 0.6 is 11.3 Å². The summed E-state index contributed by atoms with van der Waals surface area (Å²) in [6.45, 7) is 7.16. The molecule has 2 aromatic rings.